The minimum atomic E-state index is 0.226. The van der Waals surface area contributed by atoms with Gasteiger partial charge in [0.2, 0.25) is 0 Å². The third-order valence-electron chi connectivity index (χ3n) is 3.89. The van der Waals surface area contributed by atoms with Crippen LogP contribution in [0.2, 0.25) is 0 Å². The smallest absolute Gasteiger partial charge is 0.0320 e. The van der Waals surface area contributed by atoms with E-state index in [-0.39, 0.29) is 5.41 Å². The predicted molar refractivity (Wildman–Crippen MR) is 85.6 cm³/mol. The van der Waals surface area contributed by atoms with E-state index in [0.717, 1.165) is 13.0 Å². The normalized spacial score (nSPS) is 13.6. The van der Waals surface area contributed by atoms with Crippen molar-refractivity contribution in [1.82, 2.24) is 4.90 Å². The summed E-state index contributed by atoms with van der Waals surface area (Å²) in [6.45, 7) is 16.2. The number of hydrogen-bond acceptors (Lipinski definition) is 1. The summed E-state index contributed by atoms with van der Waals surface area (Å²) in [6, 6.07) is 9.47. The molecule has 1 rings (SSSR count). The third kappa shape index (κ3) is 4.50. The fraction of sp³-hybridized carbons (Fsp3) is 0.556. The van der Waals surface area contributed by atoms with E-state index in [1.807, 2.05) is 0 Å². The van der Waals surface area contributed by atoms with Gasteiger partial charge >= 0.3 is 0 Å². The van der Waals surface area contributed by atoms with Gasteiger partial charge in [-0.3, -0.25) is 4.90 Å². The van der Waals surface area contributed by atoms with Gasteiger partial charge in [-0.2, -0.15) is 0 Å². The SMILES string of the molecule is C=C(CC)CN(C)[C@H](C)c1ccc(C(C)(C)C)cc1. The number of likely N-dealkylation sites (N-methyl/N-ethyl adjacent to an activating group) is 1. The molecule has 0 aliphatic carbocycles. The van der Waals surface area contributed by atoms with Crippen molar-refractivity contribution in [1.29, 1.82) is 0 Å². The lowest BCUT2D eigenvalue weighted by Crippen LogP contribution is -2.24. The highest BCUT2D eigenvalue weighted by atomic mass is 15.1. The van der Waals surface area contributed by atoms with Crippen molar-refractivity contribution in [3.05, 3.63) is 47.5 Å². The first-order valence-corrected chi connectivity index (χ1v) is 7.23. The van der Waals surface area contributed by atoms with Crippen LogP contribution < -0.4 is 0 Å². The maximum Gasteiger partial charge on any atom is 0.0320 e. The molecule has 0 saturated carbocycles. The molecule has 0 unspecified atom stereocenters. The Hall–Kier alpha value is -1.08. The Bertz CT molecular complexity index is 408. The molecular formula is C18H29N. The molecule has 0 spiro atoms. The van der Waals surface area contributed by atoms with Crippen LogP contribution in [0.25, 0.3) is 0 Å². The first-order chi connectivity index (χ1) is 8.75. The molecule has 19 heavy (non-hydrogen) atoms. The van der Waals surface area contributed by atoms with Gasteiger partial charge in [0, 0.05) is 12.6 Å². The lowest BCUT2D eigenvalue weighted by molar-refractivity contribution is 0.282. The highest BCUT2D eigenvalue weighted by molar-refractivity contribution is 5.29. The Labute approximate surface area is 119 Å². The lowest BCUT2D eigenvalue weighted by atomic mass is 9.86. The topological polar surface area (TPSA) is 3.24 Å². The zero-order valence-electron chi connectivity index (χ0n) is 13.5. The summed E-state index contributed by atoms with van der Waals surface area (Å²) in [5.41, 5.74) is 4.29. The summed E-state index contributed by atoms with van der Waals surface area (Å²) in [7, 11) is 2.17. The first kappa shape index (κ1) is 16.0. The second-order valence-corrected chi connectivity index (χ2v) is 6.57. The Morgan fingerprint density at radius 1 is 1.21 bits per heavy atom. The fourth-order valence-corrected chi connectivity index (χ4v) is 2.12. The molecule has 1 nitrogen and oxygen atoms in total. The van der Waals surface area contributed by atoms with Gasteiger partial charge in [0.25, 0.3) is 0 Å². The van der Waals surface area contributed by atoms with Crippen LogP contribution in [0, 0.1) is 0 Å². The van der Waals surface area contributed by atoms with Gasteiger partial charge in [-0.1, -0.05) is 64.1 Å². The van der Waals surface area contributed by atoms with Crippen LogP contribution in [0.3, 0.4) is 0 Å². The van der Waals surface area contributed by atoms with Crippen molar-refractivity contribution in [2.75, 3.05) is 13.6 Å². The standard InChI is InChI=1S/C18H29N/c1-8-14(2)13-19(7)15(3)16-9-11-17(12-10-16)18(4,5)6/h9-12,15H,2,8,13H2,1,3-7H3/t15-/m1/s1. The molecule has 1 aromatic rings. The average Bonchev–Trinajstić information content (AvgIpc) is 2.36. The molecule has 0 radical (unpaired) electrons. The Balaban J connectivity index is 2.77. The molecule has 0 aromatic heterocycles. The van der Waals surface area contributed by atoms with Crippen molar-refractivity contribution < 1.29 is 0 Å². The van der Waals surface area contributed by atoms with Crippen LogP contribution in [-0.4, -0.2) is 18.5 Å². The molecule has 1 aromatic carbocycles. The fourth-order valence-electron chi connectivity index (χ4n) is 2.12. The molecule has 0 aliphatic heterocycles. The van der Waals surface area contributed by atoms with E-state index in [4.69, 9.17) is 0 Å². The van der Waals surface area contributed by atoms with Crippen LogP contribution in [0.1, 0.15) is 58.2 Å². The van der Waals surface area contributed by atoms with Gasteiger partial charge < -0.3 is 0 Å². The molecular weight excluding hydrogens is 230 g/mol. The highest BCUT2D eigenvalue weighted by Crippen LogP contribution is 2.25. The first-order valence-electron chi connectivity index (χ1n) is 7.23. The maximum atomic E-state index is 4.09. The van der Waals surface area contributed by atoms with E-state index < -0.39 is 0 Å². The zero-order chi connectivity index (χ0) is 14.6. The van der Waals surface area contributed by atoms with Crippen molar-refractivity contribution in [2.24, 2.45) is 0 Å². The predicted octanol–water partition coefficient (Wildman–Crippen LogP) is 4.94. The van der Waals surface area contributed by atoms with Gasteiger partial charge in [-0.15, -0.1) is 0 Å². The molecule has 0 fully saturated rings. The van der Waals surface area contributed by atoms with Crippen LogP contribution in [0.5, 0.6) is 0 Å². The summed E-state index contributed by atoms with van der Waals surface area (Å²) in [4.78, 5) is 2.36. The highest BCUT2D eigenvalue weighted by Gasteiger charge is 2.15. The summed E-state index contributed by atoms with van der Waals surface area (Å²) in [5, 5.41) is 0. The molecule has 1 atom stereocenters. The molecule has 0 amide bonds. The van der Waals surface area contributed by atoms with E-state index in [1.165, 1.54) is 16.7 Å². The second-order valence-electron chi connectivity index (χ2n) is 6.57. The Kier molecular flexibility index (Phi) is 5.37. The van der Waals surface area contributed by atoms with Crippen LogP contribution in [0.4, 0.5) is 0 Å². The molecule has 0 bridgehead atoms. The van der Waals surface area contributed by atoms with Crippen molar-refractivity contribution in [3.63, 3.8) is 0 Å². The summed E-state index contributed by atoms with van der Waals surface area (Å²) < 4.78 is 0. The van der Waals surface area contributed by atoms with Gasteiger partial charge in [0.05, 0.1) is 0 Å². The molecule has 0 saturated heterocycles. The van der Waals surface area contributed by atoms with E-state index in [1.54, 1.807) is 0 Å². The summed E-state index contributed by atoms with van der Waals surface area (Å²) in [6.07, 6.45) is 1.06. The van der Waals surface area contributed by atoms with Crippen LogP contribution >= 0.6 is 0 Å². The quantitative estimate of drug-likeness (QED) is 0.677. The minimum Gasteiger partial charge on any atom is -0.296 e. The third-order valence-corrected chi connectivity index (χ3v) is 3.89. The van der Waals surface area contributed by atoms with Gasteiger partial charge in [-0.25, -0.2) is 0 Å². The Morgan fingerprint density at radius 2 is 1.74 bits per heavy atom. The van der Waals surface area contributed by atoms with Crippen LogP contribution in [0.15, 0.2) is 36.4 Å². The lowest BCUT2D eigenvalue weighted by Gasteiger charge is -2.27. The molecule has 0 heterocycles. The molecule has 106 valence electrons. The van der Waals surface area contributed by atoms with E-state index >= 15 is 0 Å². The van der Waals surface area contributed by atoms with E-state index in [9.17, 15) is 0 Å². The number of rotatable bonds is 5. The number of nitrogens with zero attached hydrogens (tertiary/aromatic N) is 1. The van der Waals surface area contributed by atoms with E-state index in [0.29, 0.717) is 6.04 Å². The monoisotopic (exact) mass is 259 g/mol. The van der Waals surface area contributed by atoms with Crippen molar-refractivity contribution in [2.45, 2.75) is 52.5 Å². The van der Waals surface area contributed by atoms with Gasteiger partial charge in [-0.05, 0) is 36.9 Å². The summed E-state index contributed by atoms with van der Waals surface area (Å²) >= 11 is 0. The Morgan fingerprint density at radius 3 is 2.16 bits per heavy atom. The average molecular weight is 259 g/mol. The summed E-state index contributed by atoms with van der Waals surface area (Å²) in [5.74, 6) is 0. The largest absolute Gasteiger partial charge is 0.296 e. The number of benzene rings is 1. The molecule has 0 aliphatic rings. The van der Waals surface area contributed by atoms with Crippen molar-refractivity contribution >= 4 is 0 Å². The van der Waals surface area contributed by atoms with Gasteiger partial charge in [0.1, 0.15) is 0 Å². The maximum absolute atomic E-state index is 4.09. The molecule has 0 N–H and O–H groups in total. The molecule has 1 heteroatoms. The van der Waals surface area contributed by atoms with Crippen molar-refractivity contribution in [3.8, 4) is 0 Å². The van der Waals surface area contributed by atoms with Gasteiger partial charge in [0.15, 0.2) is 0 Å². The van der Waals surface area contributed by atoms with Crippen LogP contribution in [-0.2, 0) is 5.41 Å². The zero-order valence-corrected chi connectivity index (χ0v) is 13.5. The number of hydrogen-bond donors (Lipinski definition) is 0. The minimum absolute atomic E-state index is 0.226. The van der Waals surface area contributed by atoms with E-state index in [2.05, 4.69) is 77.4 Å². The second kappa shape index (κ2) is 6.38.